The van der Waals surface area contributed by atoms with Crippen molar-refractivity contribution in [2.45, 2.75) is 25.3 Å². The molecule has 23 heavy (non-hydrogen) atoms. The predicted molar refractivity (Wildman–Crippen MR) is 89.1 cm³/mol. The van der Waals surface area contributed by atoms with Crippen molar-refractivity contribution in [3.63, 3.8) is 0 Å². The van der Waals surface area contributed by atoms with Gasteiger partial charge >= 0.3 is 5.97 Å². The number of rotatable bonds is 6. The van der Waals surface area contributed by atoms with Crippen molar-refractivity contribution in [1.82, 2.24) is 5.32 Å². The lowest BCUT2D eigenvalue weighted by Gasteiger charge is -2.29. The van der Waals surface area contributed by atoms with Crippen LogP contribution in [0, 0.1) is 0 Å². The summed E-state index contributed by atoms with van der Waals surface area (Å²) in [4.78, 5) is 24.2. The van der Waals surface area contributed by atoms with Crippen molar-refractivity contribution < 1.29 is 14.7 Å². The van der Waals surface area contributed by atoms with Crippen molar-refractivity contribution in [2.24, 2.45) is 0 Å². The van der Waals surface area contributed by atoms with E-state index in [2.05, 4.69) is 5.32 Å². The number of aliphatic carboxylic acids is 1. The number of amides is 1. The first-order valence-corrected chi connectivity index (χ1v) is 7.42. The van der Waals surface area contributed by atoms with E-state index in [0.717, 1.165) is 5.56 Å². The van der Waals surface area contributed by atoms with E-state index in [0.29, 0.717) is 11.3 Å². The van der Waals surface area contributed by atoms with Crippen molar-refractivity contribution >= 4 is 17.6 Å². The van der Waals surface area contributed by atoms with Gasteiger partial charge in [0.1, 0.15) is 5.54 Å². The lowest BCUT2D eigenvalue weighted by atomic mass is 9.87. The van der Waals surface area contributed by atoms with E-state index in [9.17, 15) is 14.7 Å². The standard InChI is InChI=1S/C18H20N2O3/c1-2-18(17(22)23,12-13-8-10-15(19)11-9-13)20-16(21)14-6-4-3-5-7-14/h3-11H,2,12,19H2,1H3,(H,20,21)(H,22,23)/t18-/m0/s1. The molecule has 0 radical (unpaired) electrons. The van der Waals surface area contributed by atoms with Crippen LogP contribution in [0.4, 0.5) is 5.69 Å². The topological polar surface area (TPSA) is 92.4 Å². The molecule has 1 atom stereocenters. The van der Waals surface area contributed by atoms with Crippen LogP contribution in [-0.4, -0.2) is 22.5 Å². The summed E-state index contributed by atoms with van der Waals surface area (Å²) in [5.41, 5.74) is 6.14. The molecule has 0 unspecified atom stereocenters. The lowest BCUT2D eigenvalue weighted by molar-refractivity contribution is -0.144. The molecule has 4 N–H and O–H groups in total. The Morgan fingerprint density at radius 1 is 1.09 bits per heavy atom. The highest BCUT2D eigenvalue weighted by atomic mass is 16.4. The number of carboxylic acid groups (broad SMARTS) is 1. The van der Waals surface area contributed by atoms with Gasteiger partial charge in [0.05, 0.1) is 0 Å². The summed E-state index contributed by atoms with van der Waals surface area (Å²) in [5.74, 6) is -1.45. The van der Waals surface area contributed by atoms with Gasteiger partial charge in [-0.1, -0.05) is 37.3 Å². The van der Waals surface area contributed by atoms with Crippen LogP contribution in [0.15, 0.2) is 54.6 Å². The summed E-state index contributed by atoms with van der Waals surface area (Å²) in [6.07, 6.45) is 0.461. The zero-order valence-electron chi connectivity index (χ0n) is 13.0. The van der Waals surface area contributed by atoms with Gasteiger partial charge in [0.2, 0.25) is 0 Å². The number of anilines is 1. The number of nitrogen functional groups attached to an aromatic ring is 1. The van der Waals surface area contributed by atoms with Gasteiger partial charge in [0.15, 0.2) is 0 Å². The largest absolute Gasteiger partial charge is 0.479 e. The van der Waals surface area contributed by atoms with E-state index in [1.54, 1.807) is 61.5 Å². The summed E-state index contributed by atoms with van der Waals surface area (Å²) in [7, 11) is 0. The Balaban J connectivity index is 2.26. The minimum Gasteiger partial charge on any atom is -0.479 e. The van der Waals surface area contributed by atoms with Gasteiger partial charge in [-0.15, -0.1) is 0 Å². The van der Waals surface area contributed by atoms with Crippen LogP contribution < -0.4 is 11.1 Å². The number of hydrogen-bond donors (Lipinski definition) is 3. The maximum atomic E-state index is 12.4. The molecule has 0 saturated heterocycles. The van der Waals surface area contributed by atoms with Crippen LogP contribution in [0.3, 0.4) is 0 Å². The molecule has 2 aromatic rings. The van der Waals surface area contributed by atoms with E-state index in [-0.39, 0.29) is 12.8 Å². The summed E-state index contributed by atoms with van der Waals surface area (Å²) >= 11 is 0. The van der Waals surface area contributed by atoms with Crippen LogP contribution >= 0.6 is 0 Å². The summed E-state index contributed by atoms with van der Waals surface area (Å²) < 4.78 is 0. The Morgan fingerprint density at radius 2 is 1.70 bits per heavy atom. The maximum absolute atomic E-state index is 12.4. The Kier molecular flexibility index (Phi) is 5.01. The molecule has 0 bridgehead atoms. The number of nitrogens with one attached hydrogen (secondary N) is 1. The Hall–Kier alpha value is -2.82. The molecule has 2 aromatic carbocycles. The average Bonchev–Trinajstić information content (AvgIpc) is 2.56. The number of carboxylic acids is 1. The Bertz CT molecular complexity index is 683. The molecule has 0 spiro atoms. The predicted octanol–water partition coefficient (Wildman–Crippen LogP) is 2.47. The van der Waals surface area contributed by atoms with Crippen LogP contribution in [-0.2, 0) is 11.2 Å². The highest BCUT2D eigenvalue weighted by Gasteiger charge is 2.38. The third-order valence-electron chi connectivity index (χ3n) is 3.89. The Labute approximate surface area is 135 Å². The van der Waals surface area contributed by atoms with Gasteiger partial charge in [-0.05, 0) is 36.2 Å². The van der Waals surface area contributed by atoms with Gasteiger partial charge in [-0.25, -0.2) is 4.79 Å². The van der Waals surface area contributed by atoms with Gasteiger partial charge in [0, 0.05) is 17.7 Å². The second-order valence-corrected chi connectivity index (χ2v) is 5.48. The quantitative estimate of drug-likeness (QED) is 0.714. The third-order valence-corrected chi connectivity index (χ3v) is 3.89. The number of hydrogen-bond acceptors (Lipinski definition) is 3. The van der Waals surface area contributed by atoms with Crippen molar-refractivity contribution in [1.29, 1.82) is 0 Å². The average molecular weight is 312 g/mol. The molecule has 5 nitrogen and oxygen atoms in total. The van der Waals surface area contributed by atoms with Crippen LogP contribution in [0.25, 0.3) is 0 Å². The van der Waals surface area contributed by atoms with E-state index in [1.807, 2.05) is 0 Å². The van der Waals surface area contributed by atoms with E-state index < -0.39 is 17.4 Å². The van der Waals surface area contributed by atoms with Gasteiger partial charge < -0.3 is 16.2 Å². The minimum atomic E-state index is -1.36. The van der Waals surface area contributed by atoms with Crippen molar-refractivity contribution in [3.8, 4) is 0 Å². The zero-order valence-corrected chi connectivity index (χ0v) is 13.0. The number of carbonyl (C=O) groups is 2. The molecule has 0 saturated carbocycles. The first-order valence-electron chi connectivity index (χ1n) is 7.42. The fraction of sp³-hybridized carbons (Fsp3) is 0.222. The number of nitrogens with two attached hydrogens (primary N) is 1. The van der Waals surface area contributed by atoms with Crippen molar-refractivity contribution in [3.05, 3.63) is 65.7 Å². The van der Waals surface area contributed by atoms with Gasteiger partial charge in [0.25, 0.3) is 5.91 Å². The molecule has 2 rings (SSSR count). The van der Waals surface area contributed by atoms with Gasteiger partial charge in [-0.3, -0.25) is 4.79 Å². The van der Waals surface area contributed by atoms with Crippen LogP contribution in [0.1, 0.15) is 29.3 Å². The fourth-order valence-corrected chi connectivity index (χ4v) is 2.40. The first-order chi connectivity index (χ1) is 11.0. The second kappa shape index (κ2) is 6.96. The summed E-state index contributed by atoms with van der Waals surface area (Å²) in [5, 5.41) is 12.4. The van der Waals surface area contributed by atoms with E-state index >= 15 is 0 Å². The summed E-state index contributed by atoms with van der Waals surface area (Å²) in [6, 6.07) is 15.6. The third kappa shape index (κ3) is 3.88. The molecule has 0 fully saturated rings. The molecule has 0 aliphatic carbocycles. The maximum Gasteiger partial charge on any atom is 0.329 e. The molecule has 0 heterocycles. The second-order valence-electron chi connectivity index (χ2n) is 5.48. The lowest BCUT2D eigenvalue weighted by Crippen LogP contribution is -2.55. The van der Waals surface area contributed by atoms with Crippen molar-refractivity contribution in [2.75, 3.05) is 5.73 Å². The SMILES string of the molecule is CC[C@@](Cc1ccc(N)cc1)(NC(=O)c1ccccc1)C(=O)O. The monoisotopic (exact) mass is 312 g/mol. The molecule has 0 aromatic heterocycles. The van der Waals surface area contributed by atoms with Gasteiger partial charge in [-0.2, -0.15) is 0 Å². The fourth-order valence-electron chi connectivity index (χ4n) is 2.40. The van der Waals surface area contributed by atoms with E-state index in [1.165, 1.54) is 0 Å². The highest BCUT2D eigenvalue weighted by molar-refractivity contribution is 5.97. The molecular formula is C18H20N2O3. The normalized spacial score (nSPS) is 13.1. The number of carbonyl (C=O) groups excluding carboxylic acids is 1. The molecule has 5 heteroatoms. The molecule has 0 aliphatic heterocycles. The minimum absolute atomic E-state index is 0.192. The van der Waals surface area contributed by atoms with Crippen LogP contribution in [0.5, 0.6) is 0 Å². The zero-order chi connectivity index (χ0) is 16.9. The molecular weight excluding hydrogens is 292 g/mol. The smallest absolute Gasteiger partial charge is 0.329 e. The molecule has 120 valence electrons. The number of benzene rings is 2. The van der Waals surface area contributed by atoms with Crippen LogP contribution in [0.2, 0.25) is 0 Å². The highest BCUT2D eigenvalue weighted by Crippen LogP contribution is 2.20. The molecule has 1 amide bonds. The summed E-state index contributed by atoms with van der Waals surface area (Å²) in [6.45, 7) is 1.75. The Morgan fingerprint density at radius 3 is 2.22 bits per heavy atom. The molecule has 0 aliphatic rings. The van der Waals surface area contributed by atoms with E-state index in [4.69, 9.17) is 5.73 Å². The first kappa shape index (κ1) is 16.5.